The molecule has 3 heteroatoms. The molecule has 0 amide bonds. The number of carbonyl (C=O) groups is 1. The molecule has 0 aliphatic heterocycles. The molecule has 176 valence electrons. The molecule has 0 unspecified atom stereocenters. The van der Waals surface area contributed by atoms with Crippen molar-refractivity contribution in [1.29, 1.82) is 0 Å². The van der Waals surface area contributed by atoms with Gasteiger partial charge >= 0.3 is 0 Å². The molecular formula is C32H31NO2. The Morgan fingerprint density at radius 1 is 0.829 bits per heavy atom. The highest BCUT2D eigenvalue weighted by atomic mass is 16.3. The van der Waals surface area contributed by atoms with Crippen molar-refractivity contribution in [3.8, 4) is 16.9 Å². The van der Waals surface area contributed by atoms with Gasteiger partial charge in [0.2, 0.25) is 0 Å². The smallest absolute Gasteiger partial charge is 0.193 e. The molecule has 4 rings (SSSR count). The van der Waals surface area contributed by atoms with Crippen molar-refractivity contribution >= 4 is 17.0 Å². The SMILES string of the molecule is C=C(C(=O)c1ccc(-c2ccc(O)cc2)cc1)c1ccc(C)c(N(C)CCCc2ccccc2)c1. The Balaban J connectivity index is 1.44. The largest absolute Gasteiger partial charge is 0.508 e. The van der Waals surface area contributed by atoms with Crippen molar-refractivity contribution in [3.05, 3.63) is 126 Å². The fourth-order valence-corrected chi connectivity index (χ4v) is 4.27. The van der Waals surface area contributed by atoms with Crippen LogP contribution in [0.25, 0.3) is 16.7 Å². The molecule has 35 heavy (non-hydrogen) atoms. The van der Waals surface area contributed by atoms with E-state index in [0.29, 0.717) is 11.1 Å². The topological polar surface area (TPSA) is 40.5 Å². The molecule has 4 aromatic rings. The minimum atomic E-state index is -0.0798. The van der Waals surface area contributed by atoms with Gasteiger partial charge in [-0.15, -0.1) is 0 Å². The number of anilines is 1. The molecule has 3 nitrogen and oxygen atoms in total. The molecule has 4 aromatic carbocycles. The Hall–Kier alpha value is -4.11. The lowest BCUT2D eigenvalue weighted by Crippen LogP contribution is -2.20. The predicted molar refractivity (Wildman–Crippen MR) is 146 cm³/mol. The van der Waals surface area contributed by atoms with Gasteiger partial charge in [0.25, 0.3) is 0 Å². The third-order valence-corrected chi connectivity index (χ3v) is 6.39. The zero-order chi connectivity index (χ0) is 24.8. The first-order valence-electron chi connectivity index (χ1n) is 11.9. The lowest BCUT2D eigenvalue weighted by Gasteiger charge is -2.22. The van der Waals surface area contributed by atoms with Crippen LogP contribution in [0.1, 0.15) is 33.5 Å². The Bertz CT molecular complexity index is 1310. The average Bonchev–Trinajstić information content (AvgIpc) is 2.89. The zero-order valence-corrected chi connectivity index (χ0v) is 20.4. The average molecular weight is 462 g/mol. The second-order valence-corrected chi connectivity index (χ2v) is 8.94. The maximum absolute atomic E-state index is 13.2. The van der Waals surface area contributed by atoms with Crippen molar-refractivity contribution in [2.75, 3.05) is 18.5 Å². The van der Waals surface area contributed by atoms with Gasteiger partial charge in [-0.05, 0) is 65.8 Å². The second-order valence-electron chi connectivity index (χ2n) is 8.94. The van der Waals surface area contributed by atoms with E-state index in [1.165, 1.54) is 11.1 Å². The van der Waals surface area contributed by atoms with E-state index in [9.17, 15) is 9.90 Å². The van der Waals surface area contributed by atoms with E-state index in [1.807, 2.05) is 48.5 Å². The van der Waals surface area contributed by atoms with Crippen LogP contribution in [0, 0.1) is 6.92 Å². The van der Waals surface area contributed by atoms with Gasteiger partial charge in [0.15, 0.2) is 5.78 Å². The number of ketones is 1. The van der Waals surface area contributed by atoms with Gasteiger partial charge < -0.3 is 10.0 Å². The summed E-state index contributed by atoms with van der Waals surface area (Å²) in [5, 5.41) is 9.49. The van der Waals surface area contributed by atoms with Crippen LogP contribution in [0.2, 0.25) is 0 Å². The van der Waals surface area contributed by atoms with Gasteiger partial charge in [0, 0.05) is 30.4 Å². The number of phenolic OH excluding ortho intramolecular Hbond substituents is 1. The molecule has 0 bridgehead atoms. The molecule has 0 saturated carbocycles. The predicted octanol–water partition coefficient (Wildman–Crippen LogP) is 7.33. The highest BCUT2D eigenvalue weighted by molar-refractivity contribution is 6.28. The summed E-state index contributed by atoms with van der Waals surface area (Å²) in [4.78, 5) is 15.4. The molecule has 1 N–H and O–H groups in total. The summed E-state index contributed by atoms with van der Waals surface area (Å²) in [6.45, 7) is 7.15. The van der Waals surface area contributed by atoms with Gasteiger partial charge in [-0.3, -0.25) is 4.79 Å². The number of hydrogen-bond acceptors (Lipinski definition) is 3. The Morgan fingerprint density at radius 3 is 2.09 bits per heavy atom. The molecule has 0 radical (unpaired) electrons. The van der Waals surface area contributed by atoms with E-state index >= 15 is 0 Å². The van der Waals surface area contributed by atoms with Crippen LogP contribution in [0.15, 0.2) is 104 Å². The Labute approximate surface area is 208 Å². The summed E-state index contributed by atoms with van der Waals surface area (Å²) in [6.07, 6.45) is 2.09. The maximum Gasteiger partial charge on any atom is 0.193 e. The minimum Gasteiger partial charge on any atom is -0.508 e. The quantitative estimate of drug-likeness (QED) is 0.209. The molecule has 0 atom stereocenters. The van der Waals surface area contributed by atoms with E-state index < -0.39 is 0 Å². The second kappa shape index (κ2) is 10.9. The number of aromatic hydroxyl groups is 1. The number of rotatable bonds is 9. The van der Waals surface area contributed by atoms with Crippen molar-refractivity contribution in [2.45, 2.75) is 19.8 Å². The first-order valence-corrected chi connectivity index (χ1v) is 11.9. The normalized spacial score (nSPS) is 10.7. The fraction of sp³-hybridized carbons (Fsp3) is 0.156. The number of aryl methyl sites for hydroxylation is 2. The highest BCUT2D eigenvalue weighted by Gasteiger charge is 2.15. The molecule has 0 heterocycles. The minimum absolute atomic E-state index is 0.0798. The molecule has 0 saturated heterocycles. The molecule has 0 aliphatic carbocycles. The van der Waals surface area contributed by atoms with Crippen LogP contribution in [0.5, 0.6) is 5.75 Å². The van der Waals surface area contributed by atoms with E-state index in [1.54, 1.807) is 12.1 Å². The van der Waals surface area contributed by atoms with Crippen molar-refractivity contribution in [3.63, 3.8) is 0 Å². The van der Waals surface area contributed by atoms with Crippen molar-refractivity contribution in [2.24, 2.45) is 0 Å². The maximum atomic E-state index is 13.2. The third kappa shape index (κ3) is 5.88. The van der Waals surface area contributed by atoms with Crippen molar-refractivity contribution < 1.29 is 9.90 Å². The van der Waals surface area contributed by atoms with Crippen LogP contribution in [0.4, 0.5) is 5.69 Å². The lowest BCUT2D eigenvalue weighted by molar-refractivity contribution is 0.105. The zero-order valence-electron chi connectivity index (χ0n) is 20.4. The van der Waals surface area contributed by atoms with E-state index in [4.69, 9.17) is 0 Å². The summed E-state index contributed by atoms with van der Waals surface area (Å²) in [6, 6.07) is 31.2. The fourth-order valence-electron chi connectivity index (χ4n) is 4.27. The molecular weight excluding hydrogens is 430 g/mol. The standard InChI is InChI=1S/C32H31NO2/c1-23-11-12-29(22-31(23)33(3)21-7-10-25-8-5-4-6-9-25)24(2)32(35)28-15-13-26(14-16-28)27-17-19-30(34)20-18-27/h4-6,8-9,11-20,22,34H,2,7,10,21H2,1,3H3. The number of carbonyl (C=O) groups excluding carboxylic acids is 1. The van der Waals surface area contributed by atoms with Gasteiger partial charge in [-0.25, -0.2) is 0 Å². The number of phenols is 1. The Morgan fingerprint density at radius 2 is 1.43 bits per heavy atom. The van der Waals surface area contributed by atoms with Gasteiger partial charge in [-0.2, -0.15) is 0 Å². The first kappa shape index (κ1) is 24.0. The molecule has 0 spiro atoms. The summed E-state index contributed by atoms with van der Waals surface area (Å²) in [7, 11) is 2.10. The summed E-state index contributed by atoms with van der Waals surface area (Å²) >= 11 is 0. The third-order valence-electron chi connectivity index (χ3n) is 6.39. The number of Topliss-reactive ketones (excluding diaryl/α,β-unsaturated/α-hetero) is 1. The number of hydrogen-bond donors (Lipinski definition) is 1. The number of allylic oxidation sites excluding steroid dienone is 1. The van der Waals surface area contributed by atoms with E-state index in [0.717, 1.165) is 41.8 Å². The summed E-state index contributed by atoms with van der Waals surface area (Å²) < 4.78 is 0. The lowest BCUT2D eigenvalue weighted by atomic mass is 9.95. The molecule has 0 aromatic heterocycles. The van der Waals surface area contributed by atoms with Crippen LogP contribution in [-0.4, -0.2) is 24.5 Å². The van der Waals surface area contributed by atoms with Crippen LogP contribution in [0.3, 0.4) is 0 Å². The van der Waals surface area contributed by atoms with Crippen molar-refractivity contribution in [1.82, 2.24) is 0 Å². The van der Waals surface area contributed by atoms with Crippen LogP contribution in [-0.2, 0) is 6.42 Å². The van der Waals surface area contributed by atoms with Gasteiger partial charge in [0.1, 0.15) is 5.75 Å². The van der Waals surface area contributed by atoms with Crippen LogP contribution < -0.4 is 4.90 Å². The first-order chi connectivity index (χ1) is 16.9. The Kier molecular flexibility index (Phi) is 7.47. The van der Waals surface area contributed by atoms with Gasteiger partial charge in [-0.1, -0.05) is 85.4 Å². The highest BCUT2D eigenvalue weighted by Crippen LogP contribution is 2.28. The monoisotopic (exact) mass is 461 g/mol. The summed E-state index contributed by atoms with van der Waals surface area (Å²) in [5.41, 5.74) is 7.55. The van der Waals surface area contributed by atoms with E-state index in [2.05, 4.69) is 61.8 Å². The number of benzene rings is 4. The van der Waals surface area contributed by atoms with Crippen LogP contribution >= 0.6 is 0 Å². The molecule has 0 aliphatic rings. The molecule has 0 fully saturated rings. The summed E-state index contributed by atoms with van der Waals surface area (Å²) in [5.74, 6) is 0.153. The van der Waals surface area contributed by atoms with Gasteiger partial charge in [0.05, 0.1) is 0 Å². The number of nitrogens with zero attached hydrogens (tertiary/aromatic N) is 1. The van der Waals surface area contributed by atoms with E-state index in [-0.39, 0.29) is 11.5 Å².